The van der Waals surface area contributed by atoms with Gasteiger partial charge in [0, 0.05) is 10.6 Å². The summed E-state index contributed by atoms with van der Waals surface area (Å²) in [5.41, 5.74) is 4.28. The van der Waals surface area contributed by atoms with E-state index in [1.165, 1.54) is 36.4 Å². The largest absolute Gasteiger partial charge is 0.573 e. The summed E-state index contributed by atoms with van der Waals surface area (Å²) in [5.74, 6) is 1.12. The van der Waals surface area contributed by atoms with Crippen LogP contribution in [0.4, 0.5) is 30.7 Å². The summed E-state index contributed by atoms with van der Waals surface area (Å²) in [6, 6.07) is 50.6. The molecule has 0 spiro atoms. The third-order valence-electron chi connectivity index (χ3n) is 16.4. The van der Waals surface area contributed by atoms with Gasteiger partial charge in [0.15, 0.2) is 43.6 Å². The molecule has 107 heavy (non-hydrogen) atoms. The second-order valence-electron chi connectivity index (χ2n) is 24.5. The van der Waals surface area contributed by atoms with Gasteiger partial charge in [-0.05, 0) is 156 Å². The third-order valence-corrected chi connectivity index (χ3v) is 21.2. The maximum absolute atomic E-state index is 13.6. The molecule has 4 aliphatic rings. The molecule has 0 bridgehead atoms. The fraction of sp³-hybridized carbons (Fsp3) is 0.282. The van der Waals surface area contributed by atoms with Gasteiger partial charge in [0.2, 0.25) is 0 Å². The van der Waals surface area contributed by atoms with Crippen LogP contribution < -0.4 is 23.7 Å². The van der Waals surface area contributed by atoms with Crippen LogP contribution in [0.25, 0.3) is 0 Å². The third kappa shape index (κ3) is 26.2. The molecule has 4 heterocycles. The van der Waals surface area contributed by atoms with Gasteiger partial charge in [0.25, 0.3) is 0 Å². The molecule has 8 unspecified atom stereocenters. The topological polar surface area (TPSA) is 264 Å². The van der Waals surface area contributed by atoms with Crippen LogP contribution in [0.15, 0.2) is 194 Å². The van der Waals surface area contributed by atoms with Crippen LogP contribution >= 0.6 is 58.6 Å². The Morgan fingerprint density at radius 3 is 0.991 bits per heavy atom. The molecule has 4 fully saturated rings. The number of benzene rings is 8. The molecule has 0 aromatic heterocycles. The van der Waals surface area contributed by atoms with Crippen molar-refractivity contribution in [2.75, 3.05) is 26.4 Å². The summed E-state index contributed by atoms with van der Waals surface area (Å²) < 4.78 is 114. The fourth-order valence-electron chi connectivity index (χ4n) is 10.8. The highest BCUT2D eigenvalue weighted by molar-refractivity contribution is 8.16. The van der Waals surface area contributed by atoms with Gasteiger partial charge in [0.1, 0.15) is 85.4 Å². The fourth-order valence-corrected chi connectivity index (χ4v) is 15.0. The van der Waals surface area contributed by atoms with E-state index in [-0.39, 0.29) is 134 Å². The van der Waals surface area contributed by atoms with Crippen molar-refractivity contribution < 1.29 is 113 Å². The van der Waals surface area contributed by atoms with Crippen molar-refractivity contribution in [2.24, 2.45) is 0 Å². The molecule has 12 rings (SSSR count). The van der Waals surface area contributed by atoms with E-state index in [0.717, 1.165) is 99.1 Å². The minimum atomic E-state index is -4.77. The highest BCUT2D eigenvalue weighted by atomic mass is 35.5. The van der Waals surface area contributed by atoms with Crippen LogP contribution in [0.2, 0.25) is 5.02 Å². The van der Waals surface area contributed by atoms with Gasteiger partial charge in [-0.3, -0.25) is 38.4 Å². The minimum Gasteiger partial charge on any atom is -0.491 e. The lowest BCUT2D eigenvalue weighted by atomic mass is 10.1. The van der Waals surface area contributed by atoms with E-state index >= 15 is 0 Å². The first-order chi connectivity index (χ1) is 50.9. The normalized spacial score (nSPS) is 18.3. The molecule has 8 aromatic carbocycles. The number of hydrogen-bond acceptors (Lipinski definition) is 21. The van der Waals surface area contributed by atoms with Crippen molar-refractivity contribution in [3.63, 3.8) is 0 Å². The zero-order chi connectivity index (χ0) is 77.0. The predicted molar refractivity (Wildman–Crippen MR) is 389 cm³/mol. The maximum atomic E-state index is 13.6. The van der Waals surface area contributed by atoms with Gasteiger partial charge in [-0.2, -0.15) is 13.2 Å². The summed E-state index contributed by atoms with van der Waals surface area (Å²) in [6.45, 7) is -0.228. The number of ketones is 4. The molecule has 17 nitrogen and oxygen atoms in total. The molecule has 8 aromatic rings. The first kappa shape index (κ1) is 82.2. The van der Waals surface area contributed by atoms with E-state index in [2.05, 4.69) is 4.74 Å². The van der Waals surface area contributed by atoms with Crippen LogP contribution in [0.1, 0.15) is 100 Å². The first-order valence-electron chi connectivity index (χ1n) is 33.0. The van der Waals surface area contributed by atoms with Crippen molar-refractivity contribution in [3.8, 4) is 28.7 Å². The number of aliphatic hydroxyl groups is 4. The monoisotopic (exact) mass is 1570 g/mol. The molecular formula is C78H68ClF7O17S4. The molecule has 4 aliphatic heterocycles. The number of rotatable bonds is 25. The molecule has 562 valence electrons. The van der Waals surface area contributed by atoms with Crippen LogP contribution in [0.3, 0.4) is 0 Å². The van der Waals surface area contributed by atoms with E-state index in [9.17, 15) is 89.5 Å². The Bertz CT molecular complexity index is 4380. The minimum absolute atomic E-state index is 0.00131. The van der Waals surface area contributed by atoms with E-state index in [1.54, 1.807) is 109 Å². The number of alkyl halides is 6. The van der Waals surface area contributed by atoms with Gasteiger partial charge >= 0.3 is 12.5 Å². The van der Waals surface area contributed by atoms with Gasteiger partial charge < -0.3 is 44.1 Å². The van der Waals surface area contributed by atoms with Gasteiger partial charge in [0.05, 0.1) is 52.2 Å². The molecular weight excluding hydrogens is 1510 g/mol. The molecule has 0 amide bonds. The summed E-state index contributed by atoms with van der Waals surface area (Å²) in [6.07, 6.45) is -11.3. The Labute approximate surface area is 631 Å². The summed E-state index contributed by atoms with van der Waals surface area (Å²) >= 11 is 10.2. The van der Waals surface area contributed by atoms with Crippen LogP contribution in [0, 0.1) is 5.82 Å². The number of Topliss-reactive ketones (excluding diaryl/α,β-unsaturated/α-hetero) is 4. The lowest BCUT2D eigenvalue weighted by Gasteiger charge is -2.15. The Kier molecular flexibility index (Phi) is 29.8. The lowest BCUT2D eigenvalue weighted by Crippen LogP contribution is -2.17. The zero-order valence-electron chi connectivity index (χ0n) is 56.3. The van der Waals surface area contributed by atoms with Gasteiger partial charge in [-0.25, -0.2) is 4.39 Å². The summed E-state index contributed by atoms with van der Waals surface area (Å²) in [7, 11) is 0. The number of halogens is 8. The van der Waals surface area contributed by atoms with Gasteiger partial charge in [-0.15, -0.1) is 13.2 Å². The Morgan fingerprint density at radius 1 is 0.374 bits per heavy atom. The Morgan fingerprint density at radius 2 is 0.682 bits per heavy atom. The number of ether oxygens (including phenoxy) is 5. The quantitative estimate of drug-likeness (QED) is 0.0306. The maximum Gasteiger partial charge on any atom is 0.573 e. The van der Waals surface area contributed by atoms with Crippen molar-refractivity contribution in [1.29, 1.82) is 0 Å². The van der Waals surface area contributed by atoms with E-state index < -0.39 is 48.3 Å². The van der Waals surface area contributed by atoms with Crippen LogP contribution in [0.5, 0.6) is 28.7 Å². The molecule has 0 aliphatic carbocycles. The van der Waals surface area contributed by atoms with E-state index in [4.69, 9.17) is 30.5 Å². The SMILES string of the molecule is O=C1CC(=O)C(Cc2ccc(OCC(O)c3ccc(Cl)cc3)cc2)S1.O=C1CC(=O)C(Cc2ccc(OCC(O)c3ccc(OC(F)(F)F)cc3)cc2)S1.O=C1CC(=O)C(Cc2ccc(OCC(O)c3cccc(C(F)(F)F)c3)cc2)S1.O=C1CC(=O)C(Cc2ccc(OCC(O)c3ccccc3F)cc2)S1. The number of aliphatic hydroxyl groups excluding tert-OH is 4. The lowest BCUT2D eigenvalue weighted by molar-refractivity contribution is -0.274. The van der Waals surface area contributed by atoms with Crippen molar-refractivity contribution in [3.05, 3.63) is 255 Å². The smallest absolute Gasteiger partial charge is 0.491 e. The number of thioether (sulfide) groups is 4. The second-order valence-corrected chi connectivity index (χ2v) is 30.0. The molecule has 8 atom stereocenters. The standard InChI is InChI=1S/C20H17F3O5S.C20H17F3O4S.C19H17ClO4S.C19H17FO4S/c21-20(22,23)28-15-7-3-13(4-8-15)17(25)11-27-14-5-1-12(2-6-14)9-18-16(24)10-19(26)29-18;21-20(22,23)14-3-1-2-13(9-14)17(25)11-27-15-6-4-12(5-7-15)8-18-16(24)10-19(26)28-18;20-14-5-3-13(4-6-14)17(22)11-24-15-7-1-12(2-8-15)9-18-16(21)10-19(23)25-18;20-15-4-2-1-3-14(15)17(22)11-24-13-7-5-12(6-8-13)9-18-16(21)10-19(23)25-18/h1-8,17-18,25H,9-11H2;1-7,9,17-18,25H,8,10-11H2;2*1-8,17-18,22H,9-11H2. The second kappa shape index (κ2) is 38.8. The number of carbonyl (C=O) groups excluding carboxylic acids is 8. The molecule has 4 saturated heterocycles. The highest BCUT2D eigenvalue weighted by Crippen LogP contribution is 2.35. The molecule has 0 saturated carbocycles. The van der Waals surface area contributed by atoms with Crippen LogP contribution in [-0.4, -0.2) is 118 Å². The van der Waals surface area contributed by atoms with Crippen molar-refractivity contribution in [1.82, 2.24) is 0 Å². The van der Waals surface area contributed by atoms with E-state index in [0.29, 0.717) is 59.3 Å². The summed E-state index contributed by atoms with van der Waals surface area (Å²) in [5, 5.41) is 39.4. The number of carbonyl (C=O) groups is 8. The predicted octanol–water partition coefficient (Wildman–Crippen LogP) is 14.5. The highest BCUT2D eigenvalue weighted by Gasteiger charge is 2.36. The Hall–Kier alpha value is -8.84. The molecule has 4 N–H and O–H groups in total. The average molecular weight is 1570 g/mol. The van der Waals surface area contributed by atoms with Crippen LogP contribution in [-0.2, 0) is 70.2 Å². The molecule has 0 radical (unpaired) electrons. The van der Waals surface area contributed by atoms with Crippen molar-refractivity contribution in [2.45, 2.75) is 109 Å². The number of hydrogen-bond donors (Lipinski definition) is 4. The first-order valence-corrected chi connectivity index (χ1v) is 36.9. The average Bonchev–Trinajstić information content (AvgIpc) is 1.82. The molecule has 29 heteroatoms. The van der Waals surface area contributed by atoms with E-state index in [1.807, 2.05) is 24.3 Å². The van der Waals surface area contributed by atoms with Crippen molar-refractivity contribution >= 4 is 102 Å². The Balaban J connectivity index is 0.000000165. The summed E-state index contributed by atoms with van der Waals surface area (Å²) in [4.78, 5) is 91.9. The van der Waals surface area contributed by atoms with Gasteiger partial charge in [-0.1, -0.05) is 162 Å². The zero-order valence-corrected chi connectivity index (χ0v) is 60.4.